The molecule has 1 saturated heterocycles. The van der Waals surface area contributed by atoms with Gasteiger partial charge in [-0.1, -0.05) is 17.7 Å². The standard InChI is InChI=1S/C19H26N4O8S/c1-10-4-6-11(7-5-10)32(29,30)23(3)18-12(8-20-22(18)2)17(27)21-14-16(26)15(25)13(9-24)31-19(14)28/h4-8,13-16,19,24-26,28H,9H2,1-3H3,(H,21,27)/t13-,14?,15?,16-,19?/m1/s1. The summed E-state index contributed by atoms with van der Waals surface area (Å²) >= 11 is 0. The molecule has 2 aromatic rings. The summed E-state index contributed by atoms with van der Waals surface area (Å²) in [6.07, 6.45) is -5.02. The van der Waals surface area contributed by atoms with Gasteiger partial charge in [-0.25, -0.2) is 8.42 Å². The third kappa shape index (κ3) is 4.35. The van der Waals surface area contributed by atoms with Crippen LogP contribution in [-0.2, 0) is 21.8 Å². The molecule has 13 heteroatoms. The Morgan fingerprint density at radius 3 is 2.44 bits per heavy atom. The summed E-state index contributed by atoms with van der Waals surface area (Å²) in [7, 11) is -1.31. The molecule has 3 rings (SSSR count). The molecule has 0 aliphatic carbocycles. The number of carbonyl (C=O) groups excluding carboxylic acids is 1. The van der Waals surface area contributed by atoms with E-state index in [1.54, 1.807) is 12.1 Å². The normalized spacial score (nSPS) is 26.0. The number of rotatable bonds is 6. The quantitative estimate of drug-likeness (QED) is 0.322. The van der Waals surface area contributed by atoms with Crippen LogP contribution in [0.15, 0.2) is 35.4 Å². The van der Waals surface area contributed by atoms with Crippen LogP contribution in [-0.4, -0.2) is 88.8 Å². The molecule has 5 N–H and O–H groups in total. The van der Waals surface area contributed by atoms with Crippen molar-refractivity contribution < 1.29 is 38.4 Å². The number of carbonyl (C=O) groups is 1. The van der Waals surface area contributed by atoms with E-state index in [9.17, 15) is 28.5 Å². The van der Waals surface area contributed by atoms with Crippen LogP contribution in [0.3, 0.4) is 0 Å². The Morgan fingerprint density at radius 1 is 1.22 bits per heavy atom. The molecule has 12 nitrogen and oxygen atoms in total. The number of hydrogen-bond donors (Lipinski definition) is 5. The zero-order valence-corrected chi connectivity index (χ0v) is 18.5. The number of aryl methyl sites for hydroxylation is 2. The summed E-state index contributed by atoms with van der Waals surface area (Å²) in [5, 5.41) is 45.8. The van der Waals surface area contributed by atoms with Crippen molar-refractivity contribution in [2.24, 2.45) is 7.05 Å². The summed E-state index contributed by atoms with van der Waals surface area (Å²) in [6, 6.07) is 4.75. The zero-order valence-electron chi connectivity index (χ0n) is 17.7. The van der Waals surface area contributed by atoms with Crippen molar-refractivity contribution in [3.8, 4) is 0 Å². The second-order valence-electron chi connectivity index (χ2n) is 7.52. The van der Waals surface area contributed by atoms with Crippen LogP contribution in [0.25, 0.3) is 0 Å². The second-order valence-corrected chi connectivity index (χ2v) is 9.49. The summed E-state index contributed by atoms with van der Waals surface area (Å²) in [5.41, 5.74) is 0.730. The van der Waals surface area contributed by atoms with Gasteiger partial charge in [-0.05, 0) is 19.1 Å². The monoisotopic (exact) mass is 470 g/mol. The highest BCUT2D eigenvalue weighted by Gasteiger charge is 2.44. The maximum absolute atomic E-state index is 13.1. The lowest BCUT2D eigenvalue weighted by Gasteiger charge is -2.40. The third-order valence-corrected chi connectivity index (χ3v) is 7.09. The SMILES string of the molecule is Cc1ccc(S(=O)(=O)N(C)c2c(C(=O)NC3C(O)O[C@H](CO)C(O)[C@@H]3O)cnn2C)cc1. The fraction of sp³-hybridized carbons (Fsp3) is 0.474. The number of aliphatic hydroxyl groups excluding tert-OH is 4. The highest BCUT2D eigenvalue weighted by atomic mass is 32.2. The fourth-order valence-electron chi connectivity index (χ4n) is 3.43. The molecule has 32 heavy (non-hydrogen) atoms. The smallest absolute Gasteiger partial charge is 0.265 e. The van der Waals surface area contributed by atoms with E-state index >= 15 is 0 Å². The average molecular weight is 471 g/mol. The molecular formula is C19H26N4O8S. The highest BCUT2D eigenvalue weighted by molar-refractivity contribution is 7.92. The number of hydrogen-bond acceptors (Lipinski definition) is 9. The Bertz CT molecular complexity index is 1070. The first kappa shape index (κ1) is 24.1. The van der Waals surface area contributed by atoms with Crippen molar-refractivity contribution in [3.63, 3.8) is 0 Å². The van der Waals surface area contributed by atoms with Gasteiger partial charge in [0.2, 0.25) is 0 Å². The predicted molar refractivity (Wildman–Crippen MR) is 111 cm³/mol. The van der Waals surface area contributed by atoms with Crippen molar-refractivity contribution in [2.75, 3.05) is 18.0 Å². The molecule has 5 atom stereocenters. The van der Waals surface area contributed by atoms with Crippen molar-refractivity contribution in [3.05, 3.63) is 41.6 Å². The summed E-state index contributed by atoms with van der Waals surface area (Å²) in [4.78, 5) is 12.9. The van der Waals surface area contributed by atoms with Crippen molar-refractivity contribution in [1.82, 2.24) is 15.1 Å². The molecule has 1 aromatic heterocycles. The van der Waals surface area contributed by atoms with Crippen LogP contribution in [0.2, 0.25) is 0 Å². The van der Waals surface area contributed by atoms with Crippen molar-refractivity contribution >= 4 is 21.7 Å². The largest absolute Gasteiger partial charge is 0.394 e. The third-order valence-electron chi connectivity index (χ3n) is 5.33. The second kappa shape index (κ2) is 9.13. The number of nitrogens with one attached hydrogen (secondary N) is 1. The lowest BCUT2D eigenvalue weighted by molar-refractivity contribution is -0.252. The van der Waals surface area contributed by atoms with Crippen molar-refractivity contribution in [2.45, 2.75) is 42.5 Å². The number of aliphatic hydroxyl groups is 4. The number of amides is 1. The maximum Gasteiger partial charge on any atom is 0.265 e. The molecule has 0 spiro atoms. The van der Waals surface area contributed by atoms with E-state index in [-0.39, 0.29) is 16.3 Å². The van der Waals surface area contributed by atoms with Gasteiger partial charge in [0.15, 0.2) is 12.1 Å². The van der Waals surface area contributed by atoms with E-state index in [1.165, 1.54) is 30.9 Å². The van der Waals surface area contributed by atoms with E-state index in [0.717, 1.165) is 16.1 Å². The fourth-order valence-corrected chi connectivity index (χ4v) is 4.67. The number of anilines is 1. The number of nitrogens with zero attached hydrogens (tertiary/aromatic N) is 3. The number of sulfonamides is 1. The minimum absolute atomic E-state index is 0.0165. The van der Waals surface area contributed by atoms with Gasteiger partial charge in [0.25, 0.3) is 15.9 Å². The Labute approximate surface area is 184 Å². The van der Waals surface area contributed by atoms with E-state index < -0.39 is 53.2 Å². The Hall–Kier alpha value is -2.55. The Morgan fingerprint density at radius 2 is 1.84 bits per heavy atom. The number of ether oxygens (including phenoxy) is 1. The van der Waals surface area contributed by atoms with Gasteiger partial charge in [-0.2, -0.15) is 5.10 Å². The average Bonchev–Trinajstić information content (AvgIpc) is 3.14. The first-order valence-corrected chi connectivity index (χ1v) is 11.1. The molecule has 3 unspecified atom stereocenters. The first-order valence-electron chi connectivity index (χ1n) is 9.68. The van der Waals surface area contributed by atoms with Gasteiger partial charge in [-0.15, -0.1) is 0 Å². The summed E-state index contributed by atoms with van der Waals surface area (Å²) < 4.78 is 33.3. The van der Waals surface area contributed by atoms with Crippen LogP contribution < -0.4 is 9.62 Å². The predicted octanol–water partition coefficient (Wildman–Crippen LogP) is -1.92. The molecular weight excluding hydrogens is 444 g/mol. The van der Waals surface area contributed by atoms with Crippen molar-refractivity contribution in [1.29, 1.82) is 0 Å². The molecule has 1 amide bonds. The van der Waals surface area contributed by atoms with Crippen LogP contribution in [0, 0.1) is 6.92 Å². The lowest BCUT2D eigenvalue weighted by Crippen LogP contribution is -2.64. The minimum Gasteiger partial charge on any atom is -0.394 e. The molecule has 0 radical (unpaired) electrons. The first-order chi connectivity index (χ1) is 15.0. The molecule has 2 heterocycles. The zero-order chi connectivity index (χ0) is 23.8. The van der Waals surface area contributed by atoms with E-state index in [0.29, 0.717) is 0 Å². The number of benzene rings is 1. The molecule has 1 aliphatic rings. The molecule has 0 saturated carbocycles. The van der Waals surface area contributed by atoms with Crippen LogP contribution in [0.4, 0.5) is 5.82 Å². The number of aromatic nitrogens is 2. The van der Waals surface area contributed by atoms with E-state index in [4.69, 9.17) is 9.84 Å². The van der Waals surface area contributed by atoms with Gasteiger partial charge in [0.05, 0.1) is 17.7 Å². The van der Waals surface area contributed by atoms with Crippen LogP contribution in [0.1, 0.15) is 15.9 Å². The summed E-state index contributed by atoms with van der Waals surface area (Å²) in [5.74, 6) is -0.919. The Balaban J connectivity index is 1.88. The summed E-state index contributed by atoms with van der Waals surface area (Å²) in [6.45, 7) is 1.17. The highest BCUT2D eigenvalue weighted by Crippen LogP contribution is 2.26. The molecule has 1 aromatic carbocycles. The van der Waals surface area contributed by atoms with E-state index in [1.807, 2.05) is 6.92 Å². The van der Waals surface area contributed by atoms with Crippen LogP contribution in [0.5, 0.6) is 0 Å². The van der Waals surface area contributed by atoms with Crippen LogP contribution >= 0.6 is 0 Å². The van der Waals surface area contributed by atoms with Gasteiger partial charge < -0.3 is 30.5 Å². The minimum atomic E-state index is -4.03. The molecule has 1 aliphatic heterocycles. The van der Waals surface area contributed by atoms with Gasteiger partial charge in [0, 0.05) is 14.1 Å². The van der Waals surface area contributed by atoms with E-state index in [2.05, 4.69) is 10.4 Å². The topological polar surface area (TPSA) is 174 Å². The maximum atomic E-state index is 13.1. The van der Waals surface area contributed by atoms with Gasteiger partial charge in [0.1, 0.15) is 29.9 Å². The lowest BCUT2D eigenvalue weighted by atomic mass is 9.97. The Kier molecular flexibility index (Phi) is 6.88. The molecule has 176 valence electrons. The molecule has 0 bridgehead atoms. The van der Waals surface area contributed by atoms with Gasteiger partial charge in [-0.3, -0.25) is 13.8 Å². The molecule has 1 fully saturated rings. The van der Waals surface area contributed by atoms with Gasteiger partial charge >= 0.3 is 0 Å².